The standard InChI is InChI=1S/C15H11ClF3NO2/c1-2-22-14(21)11-8-20-13(7-12(11)16)9-4-3-5-10(6-9)15(17,18)19/h3-8H,2H2,1H3. The van der Waals surface area contributed by atoms with Crippen molar-refractivity contribution in [2.45, 2.75) is 13.1 Å². The van der Waals surface area contributed by atoms with Gasteiger partial charge in [-0.05, 0) is 25.1 Å². The Labute approximate surface area is 129 Å². The van der Waals surface area contributed by atoms with Crippen LogP contribution >= 0.6 is 11.6 Å². The van der Waals surface area contributed by atoms with Gasteiger partial charge in [-0.15, -0.1) is 0 Å². The van der Waals surface area contributed by atoms with Gasteiger partial charge < -0.3 is 4.74 Å². The van der Waals surface area contributed by atoms with E-state index in [1.54, 1.807) is 6.92 Å². The molecule has 2 rings (SSSR count). The number of aromatic nitrogens is 1. The van der Waals surface area contributed by atoms with Gasteiger partial charge in [-0.2, -0.15) is 13.2 Å². The van der Waals surface area contributed by atoms with E-state index in [0.717, 1.165) is 12.1 Å². The molecule has 0 aliphatic heterocycles. The lowest BCUT2D eigenvalue weighted by Gasteiger charge is -2.09. The fourth-order valence-electron chi connectivity index (χ4n) is 1.80. The van der Waals surface area contributed by atoms with Gasteiger partial charge >= 0.3 is 12.1 Å². The first-order chi connectivity index (χ1) is 10.3. The highest BCUT2D eigenvalue weighted by atomic mass is 35.5. The van der Waals surface area contributed by atoms with Crippen molar-refractivity contribution >= 4 is 17.6 Å². The minimum atomic E-state index is -4.44. The molecule has 0 spiro atoms. The molecule has 0 atom stereocenters. The van der Waals surface area contributed by atoms with Crippen molar-refractivity contribution in [2.75, 3.05) is 6.61 Å². The Kier molecular flexibility index (Phi) is 4.71. The van der Waals surface area contributed by atoms with Gasteiger partial charge in [-0.1, -0.05) is 23.7 Å². The van der Waals surface area contributed by atoms with Crippen LogP contribution in [0.25, 0.3) is 11.3 Å². The van der Waals surface area contributed by atoms with Crippen LogP contribution in [0.2, 0.25) is 5.02 Å². The second-order valence-corrected chi connectivity index (χ2v) is 4.76. The molecule has 1 heterocycles. The molecule has 1 aromatic carbocycles. The molecule has 0 amide bonds. The second kappa shape index (κ2) is 6.36. The molecule has 2 aromatic rings. The predicted octanol–water partition coefficient (Wildman–Crippen LogP) is 4.60. The number of alkyl halides is 3. The van der Waals surface area contributed by atoms with Crippen LogP contribution < -0.4 is 0 Å². The van der Waals surface area contributed by atoms with Crippen molar-refractivity contribution in [3.8, 4) is 11.3 Å². The molecule has 116 valence electrons. The summed E-state index contributed by atoms with van der Waals surface area (Å²) < 4.78 is 42.9. The van der Waals surface area contributed by atoms with Crippen molar-refractivity contribution in [3.63, 3.8) is 0 Å². The van der Waals surface area contributed by atoms with Gasteiger partial charge in [0.25, 0.3) is 0 Å². The molecule has 3 nitrogen and oxygen atoms in total. The molecule has 7 heteroatoms. The summed E-state index contributed by atoms with van der Waals surface area (Å²) in [5.74, 6) is -0.629. The molecule has 0 unspecified atom stereocenters. The third-order valence-corrected chi connectivity index (χ3v) is 3.15. The van der Waals surface area contributed by atoms with Crippen LogP contribution in [0.3, 0.4) is 0 Å². The van der Waals surface area contributed by atoms with E-state index in [9.17, 15) is 18.0 Å². The molecule has 0 N–H and O–H groups in total. The third kappa shape index (κ3) is 3.57. The van der Waals surface area contributed by atoms with Crippen LogP contribution in [0.4, 0.5) is 13.2 Å². The lowest BCUT2D eigenvalue weighted by Crippen LogP contribution is -2.06. The third-order valence-electron chi connectivity index (χ3n) is 2.83. The average Bonchev–Trinajstić information content (AvgIpc) is 2.46. The van der Waals surface area contributed by atoms with E-state index in [4.69, 9.17) is 16.3 Å². The first kappa shape index (κ1) is 16.3. The number of ether oxygens (including phenoxy) is 1. The van der Waals surface area contributed by atoms with E-state index < -0.39 is 17.7 Å². The Morgan fingerprint density at radius 1 is 1.32 bits per heavy atom. The van der Waals surface area contributed by atoms with Crippen molar-refractivity contribution in [2.24, 2.45) is 0 Å². The summed E-state index contributed by atoms with van der Waals surface area (Å²) in [5, 5.41) is 0.0702. The SMILES string of the molecule is CCOC(=O)c1cnc(-c2cccc(C(F)(F)F)c2)cc1Cl. The van der Waals surface area contributed by atoms with Gasteiger partial charge in [0.1, 0.15) is 0 Å². The number of nitrogens with zero attached hydrogens (tertiary/aromatic N) is 1. The van der Waals surface area contributed by atoms with Crippen LogP contribution in [0.1, 0.15) is 22.8 Å². The predicted molar refractivity (Wildman–Crippen MR) is 75.6 cm³/mol. The Bertz CT molecular complexity index is 701. The zero-order valence-corrected chi connectivity index (χ0v) is 12.2. The van der Waals surface area contributed by atoms with Gasteiger partial charge in [0.15, 0.2) is 0 Å². The Balaban J connectivity index is 2.39. The zero-order valence-electron chi connectivity index (χ0n) is 11.4. The van der Waals surface area contributed by atoms with Gasteiger partial charge in [0, 0.05) is 11.8 Å². The van der Waals surface area contributed by atoms with Gasteiger partial charge in [-0.3, -0.25) is 4.98 Å². The zero-order chi connectivity index (χ0) is 16.3. The molecule has 0 aliphatic rings. The number of carbonyl (C=O) groups is 1. The van der Waals surface area contributed by atoms with Crippen molar-refractivity contribution in [1.29, 1.82) is 0 Å². The maximum absolute atomic E-state index is 12.7. The maximum Gasteiger partial charge on any atom is 0.416 e. The quantitative estimate of drug-likeness (QED) is 0.773. The van der Waals surface area contributed by atoms with Crippen molar-refractivity contribution in [3.05, 3.63) is 52.7 Å². The smallest absolute Gasteiger partial charge is 0.416 e. The molecule has 22 heavy (non-hydrogen) atoms. The summed E-state index contributed by atoms with van der Waals surface area (Å²) in [6.45, 7) is 1.83. The summed E-state index contributed by atoms with van der Waals surface area (Å²) >= 11 is 5.98. The number of hydrogen-bond acceptors (Lipinski definition) is 3. The molecule has 0 bridgehead atoms. The second-order valence-electron chi connectivity index (χ2n) is 4.35. The highest BCUT2D eigenvalue weighted by Gasteiger charge is 2.30. The van der Waals surface area contributed by atoms with Crippen LogP contribution in [0, 0.1) is 0 Å². The fraction of sp³-hybridized carbons (Fsp3) is 0.200. The summed E-state index contributed by atoms with van der Waals surface area (Å²) in [5.41, 5.74) is -0.215. The highest BCUT2D eigenvalue weighted by Crippen LogP contribution is 2.32. The Morgan fingerprint density at radius 2 is 2.05 bits per heavy atom. The summed E-state index contributed by atoms with van der Waals surface area (Å²) in [6.07, 6.45) is -3.25. The number of carbonyl (C=O) groups excluding carboxylic acids is 1. The molecule has 0 aliphatic carbocycles. The number of pyridine rings is 1. The first-order valence-electron chi connectivity index (χ1n) is 6.33. The number of rotatable bonds is 3. The molecular weight excluding hydrogens is 319 g/mol. The van der Waals surface area contributed by atoms with E-state index in [1.165, 1.54) is 24.4 Å². The topological polar surface area (TPSA) is 39.2 Å². The van der Waals surface area contributed by atoms with E-state index in [0.29, 0.717) is 0 Å². The number of benzene rings is 1. The van der Waals surface area contributed by atoms with Crippen molar-refractivity contribution in [1.82, 2.24) is 4.98 Å². The monoisotopic (exact) mass is 329 g/mol. The van der Waals surface area contributed by atoms with Crippen LogP contribution in [0.5, 0.6) is 0 Å². The van der Waals surface area contributed by atoms with E-state index in [1.807, 2.05) is 0 Å². The first-order valence-corrected chi connectivity index (χ1v) is 6.71. The molecule has 0 fully saturated rings. The minimum Gasteiger partial charge on any atom is -0.462 e. The highest BCUT2D eigenvalue weighted by molar-refractivity contribution is 6.33. The minimum absolute atomic E-state index is 0.0687. The Hall–Kier alpha value is -2.08. The largest absolute Gasteiger partial charge is 0.462 e. The van der Waals surface area contributed by atoms with Crippen LogP contribution in [0.15, 0.2) is 36.5 Å². The lowest BCUT2D eigenvalue weighted by atomic mass is 10.1. The molecule has 0 saturated carbocycles. The van der Waals surface area contributed by atoms with Gasteiger partial charge in [0.05, 0.1) is 28.5 Å². The number of esters is 1. The normalized spacial score (nSPS) is 11.3. The van der Waals surface area contributed by atoms with Gasteiger partial charge in [-0.25, -0.2) is 4.79 Å². The van der Waals surface area contributed by atoms with Crippen LogP contribution in [-0.2, 0) is 10.9 Å². The van der Waals surface area contributed by atoms with Gasteiger partial charge in [0.2, 0.25) is 0 Å². The average molecular weight is 330 g/mol. The molecule has 0 saturated heterocycles. The van der Waals surface area contributed by atoms with E-state index in [-0.39, 0.29) is 28.5 Å². The lowest BCUT2D eigenvalue weighted by molar-refractivity contribution is -0.137. The summed E-state index contributed by atoms with van der Waals surface area (Å²) in [6, 6.07) is 6.05. The van der Waals surface area contributed by atoms with Crippen molar-refractivity contribution < 1.29 is 22.7 Å². The number of hydrogen-bond donors (Lipinski definition) is 0. The molecule has 1 aromatic heterocycles. The van der Waals surface area contributed by atoms with E-state index >= 15 is 0 Å². The molecule has 0 radical (unpaired) electrons. The maximum atomic E-state index is 12.7. The Morgan fingerprint density at radius 3 is 2.64 bits per heavy atom. The van der Waals surface area contributed by atoms with Crippen LogP contribution in [-0.4, -0.2) is 17.6 Å². The van der Waals surface area contributed by atoms with E-state index in [2.05, 4.69) is 4.98 Å². The summed E-state index contributed by atoms with van der Waals surface area (Å²) in [7, 11) is 0. The number of halogens is 4. The molecular formula is C15H11ClF3NO2. The fourth-order valence-corrected chi connectivity index (χ4v) is 2.03. The summed E-state index contributed by atoms with van der Waals surface area (Å²) in [4.78, 5) is 15.6.